The molecule has 20 heavy (non-hydrogen) atoms. The quantitative estimate of drug-likeness (QED) is 0.876. The van der Waals surface area contributed by atoms with E-state index in [4.69, 9.17) is 0 Å². The van der Waals surface area contributed by atoms with Gasteiger partial charge in [0.15, 0.2) is 0 Å². The molecule has 0 aliphatic heterocycles. The summed E-state index contributed by atoms with van der Waals surface area (Å²) in [6.07, 6.45) is 4.80. The smallest absolute Gasteiger partial charge is 0.257 e. The van der Waals surface area contributed by atoms with Crippen LogP contribution in [-0.2, 0) is 0 Å². The molecule has 2 N–H and O–H groups in total. The van der Waals surface area contributed by atoms with Crippen LogP contribution in [-0.4, -0.2) is 22.4 Å². The molecule has 0 bridgehead atoms. The number of carbonyl (C=O) groups is 1. The lowest BCUT2D eigenvalue weighted by atomic mass is 10.2. The van der Waals surface area contributed by atoms with E-state index in [1.807, 2.05) is 12.1 Å². The Morgan fingerprint density at radius 1 is 1.25 bits per heavy atom. The Bertz CT molecular complexity index is 552. The fourth-order valence-electron chi connectivity index (χ4n) is 1.58. The third kappa shape index (κ3) is 4.05. The second-order valence-corrected chi connectivity index (χ2v) is 4.90. The Kier molecular flexibility index (Phi) is 4.65. The Morgan fingerprint density at radius 3 is 2.70 bits per heavy atom. The van der Waals surface area contributed by atoms with Gasteiger partial charge in [-0.15, -0.1) is 0 Å². The summed E-state index contributed by atoms with van der Waals surface area (Å²) < 4.78 is 0. The fraction of sp³-hybridized carbons (Fsp3) is 0.267. The largest absolute Gasteiger partial charge is 0.370 e. The van der Waals surface area contributed by atoms with Crippen molar-refractivity contribution in [3.8, 4) is 0 Å². The summed E-state index contributed by atoms with van der Waals surface area (Å²) in [4.78, 5) is 20.1. The first-order chi connectivity index (χ1) is 9.65. The molecule has 0 saturated carbocycles. The van der Waals surface area contributed by atoms with Gasteiger partial charge in [0.2, 0.25) is 0 Å². The van der Waals surface area contributed by atoms with Crippen LogP contribution in [0.2, 0.25) is 0 Å². The lowest BCUT2D eigenvalue weighted by Crippen LogP contribution is -2.13. The van der Waals surface area contributed by atoms with Gasteiger partial charge in [-0.25, -0.2) is 4.98 Å². The van der Waals surface area contributed by atoms with Gasteiger partial charge in [0.25, 0.3) is 5.91 Å². The Balaban J connectivity index is 1.95. The lowest BCUT2D eigenvalue weighted by molar-refractivity contribution is 0.102. The monoisotopic (exact) mass is 270 g/mol. The highest BCUT2D eigenvalue weighted by Crippen LogP contribution is 2.11. The van der Waals surface area contributed by atoms with Crippen LogP contribution in [0.15, 0.2) is 42.9 Å². The van der Waals surface area contributed by atoms with Crippen LogP contribution in [0, 0.1) is 5.92 Å². The molecule has 2 rings (SSSR count). The summed E-state index contributed by atoms with van der Waals surface area (Å²) in [7, 11) is 0. The molecule has 5 nitrogen and oxygen atoms in total. The van der Waals surface area contributed by atoms with Crippen molar-refractivity contribution in [3.05, 3.63) is 48.4 Å². The van der Waals surface area contributed by atoms with Gasteiger partial charge in [0.05, 0.1) is 17.4 Å². The molecule has 0 atom stereocenters. The number of hydrogen-bond donors (Lipinski definition) is 2. The summed E-state index contributed by atoms with van der Waals surface area (Å²) in [6.45, 7) is 5.14. The van der Waals surface area contributed by atoms with Crippen molar-refractivity contribution in [2.24, 2.45) is 5.92 Å². The van der Waals surface area contributed by atoms with Crippen molar-refractivity contribution in [2.45, 2.75) is 13.8 Å². The predicted octanol–water partition coefficient (Wildman–Crippen LogP) is 2.80. The van der Waals surface area contributed by atoms with Crippen molar-refractivity contribution in [1.29, 1.82) is 0 Å². The van der Waals surface area contributed by atoms with E-state index in [0.717, 1.165) is 12.4 Å². The van der Waals surface area contributed by atoms with E-state index in [9.17, 15) is 4.79 Å². The zero-order valence-electron chi connectivity index (χ0n) is 11.6. The molecule has 2 heterocycles. The van der Waals surface area contributed by atoms with Gasteiger partial charge in [0.1, 0.15) is 5.82 Å². The van der Waals surface area contributed by atoms with E-state index in [1.54, 1.807) is 24.5 Å². The van der Waals surface area contributed by atoms with E-state index in [0.29, 0.717) is 17.2 Å². The van der Waals surface area contributed by atoms with Crippen molar-refractivity contribution in [1.82, 2.24) is 9.97 Å². The van der Waals surface area contributed by atoms with Gasteiger partial charge in [-0.05, 0) is 30.2 Å². The maximum absolute atomic E-state index is 11.9. The fourth-order valence-corrected chi connectivity index (χ4v) is 1.58. The number of pyridine rings is 2. The third-order valence-electron chi connectivity index (χ3n) is 2.64. The highest BCUT2D eigenvalue weighted by Gasteiger charge is 2.05. The minimum atomic E-state index is -0.192. The molecule has 104 valence electrons. The summed E-state index contributed by atoms with van der Waals surface area (Å²) in [6, 6.07) is 7.12. The topological polar surface area (TPSA) is 66.9 Å². The molecule has 0 saturated heterocycles. The molecule has 0 fully saturated rings. The molecule has 0 radical (unpaired) electrons. The van der Waals surface area contributed by atoms with Crippen molar-refractivity contribution in [2.75, 3.05) is 17.2 Å². The Morgan fingerprint density at radius 2 is 2.10 bits per heavy atom. The molecule has 0 aliphatic carbocycles. The van der Waals surface area contributed by atoms with Crippen LogP contribution < -0.4 is 10.6 Å². The Labute approximate surface area is 118 Å². The van der Waals surface area contributed by atoms with Crippen LogP contribution in [0.4, 0.5) is 11.5 Å². The number of hydrogen-bond acceptors (Lipinski definition) is 4. The Hall–Kier alpha value is -2.43. The van der Waals surface area contributed by atoms with Crippen LogP contribution in [0.25, 0.3) is 0 Å². The molecule has 5 heteroatoms. The van der Waals surface area contributed by atoms with Crippen LogP contribution >= 0.6 is 0 Å². The minimum Gasteiger partial charge on any atom is -0.370 e. The highest BCUT2D eigenvalue weighted by atomic mass is 16.1. The zero-order valence-corrected chi connectivity index (χ0v) is 11.6. The number of anilines is 2. The molecule has 0 aliphatic rings. The first kappa shape index (κ1) is 14.0. The van der Waals surface area contributed by atoms with Gasteiger partial charge in [0, 0.05) is 18.9 Å². The van der Waals surface area contributed by atoms with Crippen LogP contribution in [0.5, 0.6) is 0 Å². The molecular formula is C15H18N4O. The van der Waals surface area contributed by atoms with E-state index >= 15 is 0 Å². The van der Waals surface area contributed by atoms with Crippen molar-refractivity contribution >= 4 is 17.4 Å². The number of rotatable bonds is 5. The summed E-state index contributed by atoms with van der Waals surface area (Å²) in [5, 5.41) is 6.00. The van der Waals surface area contributed by atoms with Crippen molar-refractivity contribution < 1.29 is 4.79 Å². The average molecular weight is 270 g/mol. The molecule has 0 spiro atoms. The van der Waals surface area contributed by atoms with Crippen molar-refractivity contribution in [3.63, 3.8) is 0 Å². The first-order valence-corrected chi connectivity index (χ1v) is 6.56. The lowest BCUT2D eigenvalue weighted by Gasteiger charge is -2.09. The number of aromatic nitrogens is 2. The zero-order chi connectivity index (χ0) is 14.4. The van der Waals surface area contributed by atoms with Gasteiger partial charge in [-0.3, -0.25) is 9.78 Å². The highest BCUT2D eigenvalue weighted by molar-refractivity contribution is 6.03. The SMILES string of the molecule is CC(C)CNc1ccc(NC(=O)c2cccnc2)cn1. The maximum atomic E-state index is 11.9. The summed E-state index contributed by atoms with van der Waals surface area (Å²) >= 11 is 0. The third-order valence-corrected chi connectivity index (χ3v) is 2.64. The van der Waals surface area contributed by atoms with Gasteiger partial charge in [-0.1, -0.05) is 13.8 Å². The maximum Gasteiger partial charge on any atom is 0.257 e. The normalized spacial score (nSPS) is 10.3. The number of nitrogens with one attached hydrogen (secondary N) is 2. The number of nitrogens with zero attached hydrogens (tertiary/aromatic N) is 2. The molecule has 2 aromatic heterocycles. The number of amides is 1. The summed E-state index contributed by atoms with van der Waals surface area (Å²) in [5.41, 5.74) is 1.18. The molecule has 0 unspecified atom stereocenters. The van der Waals surface area contributed by atoms with E-state index in [2.05, 4.69) is 34.4 Å². The van der Waals surface area contributed by atoms with Crippen LogP contribution in [0.1, 0.15) is 24.2 Å². The average Bonchev–Trinajstić information content (AvgIpc) is 2.47. The molecule has 2 aromatic rings. The van der Waals surface area contributed by atoms with E-state index in [-0.39, 0.29) is 5.91 Å². The van der Waals surface area contributed by atoms with E-state index < -0.39 is 0 Å². The first-order valence-electron chi connectivity index (χ1n) is 6.56. The second-order valence-electron chi connectivity index (χ2n) is 4.90. The molecule has 1 amide bonds. The standard InChI is InChI=1S/C15H18N4O/c1-11(2)8-17-14-6-5-13(10-18-14)19-15(20)12-4-3-7-16-9-12/h3-7,9-11H,8H2,1-2H3,(H,17,18)(H,19,20). The number of carbonyl (C=O) groups excluding carboxylic acids is 1. The van der Waals surface area contributed by atoms with Gasteiger partial charge >= 0.3 is 0 Å². The predicted molar refractivity (Wildman–Crippen MR) is 79.8 cm³/mol. The molecular weight excluding hydrogens is 252 g/mol. The van der Waals surface area contributed by atoms with E-state index in [1.165, 1.54) is 6.20 Å². The van der Waals surface area contributed by atoms with Gasteiger partial charge in [-0.2, -0.15) is 0 Å². The minimum absolute atomic E-state index is 0.192. The second kappa shape index (κ2) is 6.65. The van der Waals surface area contributed by atoms with Crippen LogP contribution in [0.3, 0.4) is 0 Å². The molecule has 0 aromatic carbocycles. The van der Waals surface area contributed by atoms with Gasteiger partial charge < -0.3 is 10.6 Å². The summed E-state index contributed by atoms with van der Waals surface area (Å²) in [5.74, 6) is 1.17.